The summed E-state index contributed by atoms with van der Waals surface area (Å²) in [5, 5.41) is 9.60. The molecule has 0 bridgehead atoms. The Bertz CT molecular complexity index is 1040. The first-order valence-corrected chi connectivity index (χ1v) is 7.77. The van der Waals surface area contributed by atoms with Gasteiger partial charge in [0.05, 0.1) is 7.11 Å². The largest absolute Gasteiger partial charge is 0.496 e. The van der Waals surface area contributed by atoms with E-state index in [0.717, 1.165) is 12.1 Å². The van der Waals surface area contributed by atoms with E-state index in [-0.39, 0.29) is 22.5 Å². The normalized spacial score (nSPS) is 10.4. The number of aromatic nitrogens is 1. The number of nitrogens with zero attached hydrogens (tertiary/aromatic N) is 2. The Hall–Kier alpha value is -3.46. The second kappa shape index (κ2) is 6.81. The van der Waals surface area contributed by atoms with Crippen LogP contribution in [0.5, 0.6) is 5.75 Å². The van der Waals surface area contributed by atoms with E-state index in [1.165, 1.54) is 13.2 Å². The van der Waals surface area contributed by atoms with E-state index in [9.17, 15) is 14.0 Å². The van der Waals surface area contributed by atoms with E-state index in [1.807, 2.05) is 6.07 Å². The minimum Gasteiger partial charge on any atom is -0.496 e. The van der Waals surface area contributed by atoms with Gasteiger partial charge in [-0.15, -0.1) is 0 Å². The summed E-state index contributed by atoms with van der Waals surface area (Å²) in [6.45, 7) is 1.71. The van der Waals surface area contributed by atoms with Gasteiger partial charge in [-0.2, -0.15) is 5.26 Å². The van der Waals surface area contributed by atoms with Crippen LogP contribution < -0.4 is 10.5 Å². The van der Waals surface area contributed by atoms with Gasteiger partial charge in [-0.25, -0.2) is 13.8 Å². The summed E-state index contributed by atoms with van der Waals surface area (Å²) < 4.78 is 33.3. The Morgan fingerprint density at radius 3 is 2.46 bits per heavy atom. The van der Waals surface area contributed by atoms with Crippen molar-refractivity contribution in [1.82, 2.24) is 4.98 Å². The molecule has 0 amide bonds. The minimum absolute atomic E-state index is 0.0117. The van der Waals surface area contributed by atoms with Crippen molar-refractivity contribution in [3.63, 3.8) is 0 Å². The molecule has 0 aliphatic rings. The fourth-order valence-electron chi connectivity index (χ4n) is 2.98. The number of pyridine rings is 1. The molecule has 0 unspecified atom stereocenters. The molecule has 1 aromatic heterocycles. The van der Waals surface area contributed by atoms with Crippen LogP contribution in [0.1, 0.15) is 11.3 Å². The number of nitrogen functional groups attached to an aromatic ring is 1. The summed E-state index contributed by atoms with van der Waals surface area (Å²) >= 11 is 0. The quantitative estimate of drug-likeness (QED) is 0.756. The second-order valence-corrected chi connectivity index (χ2v) is 5.64. The number of ether oxygens (including phenoxy) is 1. The van der Waals surface area contributed by atoms with Crippen LogP contribution in [-0.2, 0) is 0 Å². The molecule has 4 nitrogen and oxygen atoms in total. The van der Waals surface area contributed by atoms with Crippen LogP contribution in [-0.4, -0.2) is 12.1 Å². The fraction of sp³-hybridized carbons (Fsp3) is 0.100. The lowest BCUT2D eigenvalue weighted by Crippen LogP contribution is -2.05. The number of hydrogen-bond donors (Lipinski definition) is 1. The smallest absolute Gasteiger partial charge is 0.142 e. The predicted octanol–water partition coefficient (Wildman–Crippen LogP) is 4.46. The number of anilines is 1. The van der Waals surface area contributed by atoms with Gasteiger partial charge < -0.3 is 10.5 Å². The van der Waals surface area contributed by atoms with Gasteiger partial charge in [0.25, 0.3) is 0 Å². The molecule has 130 valence electrons. The molecule has 3 aromatic rings. The molecule has 26 heavy (non-hydrogen) atoms. The molecule has 0 saturated carbocycles. The number of hydrogen-bond acceptors (Lipinski definition) is 4. The molecule has 3 rings (SSSR count). The third-order valence-electron chi connectivity index (χ3n) is 4.09. The van der Waals surface area contributed by atoms with Gasteiger partial charge in [0.15, 0.2) is 0 Å². The molecule has 0 aliphatic carbocycles. The maximum Gasteiger partial charge on any atom is 0.142 e. The number of halogens is 2. The highest BCUT2D eigenvalue weighted by Crippen LogP contribution is 2.42. The molecule has 1 heterocycles. The highest BCUT2D eigenvalue weighted by molar-refractivity contribution is 5.92. The van der Waals surface area contributed by atoms with Gasteiger partial charge in [0, 0.05) is 34.0 Å². The van der Waals surface area contributed by atoms with Crippen molar-refractivity contribution in [2.24, 2.45) is 0 Å². The number of nitrogens with two attached hydrogens (primary N) is 1. The first-order valence-electron chi connectivity index (χ1n) is 7.77. The van der Waals surface area contributed by atoms with Crippen molar-refractivity contribution in [2.75, 3.05) is 12.8 Å². The van der Waals surface area contributed by atoms with Crippen LogP contribution in [0.3, 0.4) is 0 Å². The Balaban J connectivity index is 2.48. The zero-order valence-electron chi connectivity index (χ0n) is 14.2. The van der Waals surface area contributed by atoms with Gasteiger partial charge >= 0.3 is 0 Å². The third-order valence-corrected chi connectivity index (χ3v) is 4.09. The third kappa shape index (κ3) is 2.84. The summed E-state index contributed by atoms with van der Waals surface area (Å²) in [6.07, 6.45) is 0. The van der Waals surface area contributed by atoms with Gasteiger partial charge in [-0.3, -0.25) is 0 Å². The standard InChI is InChI=1S/C20H15F2N3O/c1-11-18(14-5-3-4-6-17(14)26-2)19(15(10-23)20(24)25-11)13-8-7-12(21)9-16(13)22/h3-9H,1-2H3,(H2,24,25). The first-order chi connectivity index (χ1) is 12.5. The Kier molecular flexibility index (Phi) is 4.55. The number of para-hydroxylation sites is 1. The van der Waals surface area contributed by atoms with Crippen molar-refractivity contribution in [1.29, 1.82) is 5.26 Å². The summed E-state index contributed by atoms with van der Waals surface area (Å²) in [5.74, 6) is -0.970. The number of methoxy groups -OCH3 is 1. The van der Waals surface area contributed by atoms with Crippen LogP contribution in [0.2, 0.25) is 0 Å². The molecule has 0 saturated heterocycles. The summed E-state index contributed by atoms with van der Waals surface area (Å²) in [6, 6.07) is 12.3. The number of aryl methyl sites for hydroxylation is 1. The van der Waals surface area contributed by atoms with Crippen molar-refractivity contribution >= 4 is 5.82 Å². The molecule has 2 N–H and O–H groups in total. The molecule has 0 atom stereocenters. The van der Waals surface area contributed by atoms with Crippen molar-refractivity contribution in [2.45, 2.75) is 6.92 Å². The monoisotopic (exact) mass is 351 g/mol. The maximum absolute atomic E-state index is 14.6. The van der Waals surface area contributed by atoms with Crippen LogP contribution >= 0.6 is 0 Å². The zero-order valence-corrected chi connectivity index (χ0v) is 14.2. The highest BCUT2D eigenvalue weighted by Gasteiger charge is 2.23. The SMILES string of the molecule is COc1ccccc1-c1c(C)nc(N)c(C#N)c1-c1ccc(F)cc1F. The van der Waals surface area contributed by atoms with Crippen LogP contribution in [0.15, 0.2) is 42.5 Å². The lowest BCUT2D eigenvalue weighted by atomic mass is 9.89. The molecular formula is C20H15F2N3O. The fourth-order valence-corrected chi connectivity index (χ4v) is 2.98. The van der Waals surface area contributed by atoms with Gasteiger partial charge in [-0.1, -0.05) is 18.2 Å². The topological polar surface area (TPSA) is 71.9 Å². The van der Waals surface area contributed by atoms with Crippen LogP contribution in [0.4, 0.5) is 14.6 Å². The zero-order chi connectivity index (χ0) is 18.8. The Labute approximate surface area is 149 Å². The van der Waals surface area contributed by atoms with E-state index >= 15 is 0 Å². The number of benzene rings is 2. The van der Waals surface area contributed by atoms with E-state index in [4.69, 9.17) is 10.5 Å². The Morgan fingerprint density at radius 2 is 1.81 bits per heavy atom. The summed E-state index contributed by atoms with van der Waals surface area (Å²) in [5.41, 5.74) is 7.92. The molecule has 0 radical (unpaired) electrons. The van der Waals surface area contributed by atoms with Crippen LogP contribution in [0, 0.1) is 29.9 Å². The van der Waals surface area contributed by atoms with Crippen molar-refractivity contribution < 1.29 is 13.5 Å². The van der Waals surface area contributed by atoms with E-state index < -0.39 is 11.6 Å². The van der Waals surface area contributed by atoms with Gasteiger partial charge in [-0.05, 0) is 25.1 Å². The van der Waals surface area contributed by atoms with Gasteiger partial charge in [0.2, 0.25) is 0 Å². The summed E-state index contributed by atoms with van der Waals surface area (Å²) in [7, 11) is 1.52. The summed E-state index contributed by atoms with van der Waals surface area (Å²) in [4.78, 5) is 4.23. The van der Waals surface area contributed by atoms with Crippen molar-refractivity contribution in [3.8, 4) is 34.1 Å². The maximum atomic E-state index is 14.6. The van der Waals surface area contributed by atoms with Crippen LogP contribution in [0.25, 0.3) is 22.3 Å². The van der Waals surface area contributed by atoms with E-state index in [0.29, 0.717) is 22.6 Å². The highest BCUT2D eigenvalue weighted by atomic mass is 19.1. The van der Waals surface area contributed by atoms with Gasteiger partial charge in [0.1, 0.15) is 34.8 Å². The second-order valence-electron chi connectivity index (χ2n) is 5.64. The molecule has 0 fully saturated rings. The number of nitriles is 1. The molecule has 2 aromatic carbocycles. The lowest BCUT2D eigenvalue weighted by Gasteiger charge is -2.18. The molecule has 0 spiro atoms. The van der Waals surface area contributed by atoms with E-state index in [2.05, 4.69) is 4.98 Å². The molecule has 0 aliphatic heterocycles. The number of rotatable bonds is 3. The molecule has 6 heteroatoms. The lowest BCUT2D eigenvalue weighted by molar-refractivity contribution is 0.416. The Morgan fingerprint density at radius 1 is 1.08 bits per heavy atom. The van der Waals surface area contributed by atoms with E-state index in [1.54, 1.807) is 31.2 Å². The molecular weight excluding hydrogens is 336 g/mol. The average Bonchev–Trinajstić information content (AvgIpc) is 2.61. The predicted molar refractivity (Wildman–Crippen MR) is 95.4 cm³/mol. The first kappa shape index (κ1) is 17.4. The van der Waals surface area contributed by atoms with Crippen molar-refractivity contribution in [3.05, 3.63) is 65.4 Å². The average molecular weight is 351 g/mol. The minimum atomic E-state index is -0.789.